The molecular formula is C22H29N3O2. The van der Waals surface area contributed by atoms with Gasteiger partial charge in [0, 0.05) is 49.2 Å². The molecule has 3 saturated heterocycles. The summed E-state index contributed by atoms with van der Waals surface area (Å²) in [5.41, 5.74) is 5.78. The van der Waals surface area contributed by atoms with Crippen molar-refractivity contribution >= 4 is 22.7 Å². The SMILES string of the molecule is CC(=O)N1C[C@@H]2CC[C@H](C1)N(C(=O)Cc1c(C)[nH]c3c(C)cc(C)cc13)C2. The highest BCUT2D eigenvalue weighted by molar-refractivity contribution is 5.92. The first-order chi connectivity index (χ1) is 12.8. The number of fused-ring (bicyclic) bond motifs is 5. The van der Waals surface area contributed by atoms with Gasteiger partial charge in [0.15, 0.2) is 0 Å². The summed E-state index contributed by atoms with van der Waals surface area (Å²) >= 11 is 0. The summed E-state index contributed by atoms with van der Waals surface area (Å²) in [7, 11) is 0. The second-order valence-corrected chi connectivity index (χ2v) is 8.48. The van der Waals surface area contributed by atoms with Crippen molar-refractivity contribution in [1.82, 2.24) is 14.8 Å². The van der Waals surface area contributed by atoms with Crippen molar-refractivity contribution < 1.29 is 9.59 Å². The molecule has 1 aromatic heterocycles. The van der Waals surface area contributed by atoms with E-state index in [1.165, 1.54) is 16.5 Å². The van der Waals surface area contributed by atoms with E-state index in [0.29, 0.717) is 18.9 Å². The maximum absolute atomic E-state index is 13.3. The van der Waals surface area contributed by atoms with Crippen LogP contribution < -0.4 is 0 Å². The number of H-pyrrole nitrogens is 1. The van der Waals surface area contributed by atoms with Crippen molar-refractivity contribution in [1.29, 1.82) is 0 Å². The average Bonchev–Trinajstić information content (AvgIpc) is 2.80. The van der Waals surface area contributed by atoms with Crippen LogP contribution in [0.5, 0.6) is 0 Å². The highest BCUT2D eigenvalue weighted by Crippen LogP contribution is 2.31. The van der Waals surface area contributed by atoms with Crippen molar-refractivity contribution in [3.8, 4) is 0 Å². The smallest absolute Gasteiger partial charge is 0.227 e. The number of benzene rings is 1. The van der Waals surface area contributed by atoms with Gasteiger partial charge in [0.2, 0.25) is 11.8 Å². The summed E-state index contributed by atoms with van der Waals surface area (Å²) in [4.78, 5) is 32.6. The summed E-state index contributed by atoms with van der Waals surface area (Å²) < 4.78 is 0. The summed E-state index contributed by atoms with van der Waals surface area (Å²) in [5.74, 6) is 0.725. The van der Waals surface area contributed by atoms with Crippen LogP contribution in [0.2, 0.25) is 0 Å². The number of piperidine rings is 1. The number of aromatic amines is 1. The van der Waals surface area contributed by atoms with Crippen molar-refractivity contribution in [2.24, 2.45) is 5.92 Å². The summed E-state index contributed by atoms with van der Waals surface area (Å²) in [5, 5.41) is 1.17. The molecule has 0 saturated carbocycles. The van der Waals surface area contributed by atoms with E-state index >= 15 is 0 Å². The van der Waals surface area contributed by atoms with Crippen LogP contribution >= 0.6 is 0 Å². The minimum absolute atomic E-state index is 0.125. The molecule has 0 spiro atoms. The fourth-order valence-electron chi connectivity index (χ4n) is 4.96. The van der Waals surface area contributed by atoms with Crippen LogP contribution in [-0.2, 0) is 16.0 Å². The molecule has 0 unspecified atom stereocenters. The zero-order valence-electron chi connectivity index (χ0n) is 16.8. The minimum atomic E-state index is 0.125. The zero-order chi connectivity index (χ0) is 19.3. The van der Waals surface area contributed by atoms with Crippen LogP contribution in [-0.4, -0.2) is 52.3 Å². The predicted octanol–water partition coefficient (Wildman–Crippen LogP) is 3.10. The molecule has 5 rings (SSSR count). The highest BCUT2D eigenvalue weighted by atomic mass is 16.2. The summed E-state index contributed by atoms with van der Waals surface area (Å²) in [6.45, 7) is 10.2. The first kappa shape index (κ1) is 18.1. The van der Waals surface area contributed by atoms with Gasteiger partial charge in [0.1, 0.15) is 0 Å². The third-order valence-electron chi connectivity index (χ3n) is 6.38. The molecule has 144 valence electrons. The zero-order valence-corrected chi connectivity index (χ0v) is 16.8. The summed E-state index contributed by atoms with van der Waals surface area (Å²) in [6.07, 6.45) is 2.55. The molecule has 0 radical (unpaired) electrons. The molecule has 2 amide bonds. The van der Waals surface area contributed by atoms with Gasteiger partial charge in [-0.1, -0.05) is 11.6 Å². The lowest BCUT2D eigenvalue weighted by atomic mass is 9.94. The predicted molar refractivity (Wildman–Crippen MR) is 107 cm³/mol. The van der Waals surface area contributed by atoms with Crippen LogP contribution in [0.25, 0.3) is 10.9 Å². The monoisotopic (exact) mass is 367 g/mol. The Balaban J connectivity index is 1.61. The van der Waals surface area contributed by atoms with E-state index in [4.69, 9.17) is 0 Å². The van der Waals surface area contributed by atoms with Gasteiger partial charge in [-0.25, -0.2) is 0 Å². The molecule has 0 aliphatic carbocycles. The Morgan fingerprint density at radius 3 is 2.63 bits per heavy atom. The molecule has 3 aliphatic rings. The van der Waals surface area contributed by atoms with E-state index in [0.717, 1.165) is 42.7 Å². The Bertz CT molecular complexity index is 914. The molecule has 2 atom stereocenters. The number of carbonyl (C=O) groups is 2. The van der Waals surface area contributed by atoms with E-state index < -0.39 is 0 Å². The molecule has 4 heterocycles. The molecule has 2 aromatic rings. The lowest BCUT2D eigenvalue weighted by Gasteiger charge is -2.36. The number of aromatic nitrogens is 1. The standard InChI is InChI=1S/C22H29N3O2/c1-13-7-14(2)22-20(8-13)19(15(3)23-22)9-21(27)25-11-17-5-6-18(25)12-24(10-17)16(4)26/h7-8,17-18,23H,5-6,9-12H2,1-4H3/t17-,18+/m0/s1. The first-order valence-corrected chi connectivity index (χ1v) is 9.97. The Morgan fingerprint density at radius 1 is 1.11 bits per heavy atom. The number of aryl methyl sites for hydroxylation is 3. The molecule has 2 bridgehead atoms. The fraction of sp³-hybridized carbons (Fsp3) is 0.545. The van der Waals surface area contributed by atoms with Crippen LogP contribution in [0.15, 0.2) is 12.1 Å². The van der Waals surface area contributed by atoms with Gasteiger partial charge in [-0.15, -0.1) is 0 Å². The van der Waals surface area contributed by atoms with Gasteiger partial charge in [0.25, 0.3) is 0 Å². The van der Waals surface area contributed by atoms with E-state index in [1.54, 1.807) is 6.92 Å². The lowest BCUT2D eigenvalue weighted by Crippen LogP contribution is -2.48. The molecule has 5 nitrogen and oxygen atoms in total. The van der Waals surface area contributed by atoms with Gasteiger partial charge in [-0.2, -0.15) is 0 Å². The Labute approximate surface area is 160 Å². The molecule has 1 N–H and O–H groups in total. The van der Waals surface area contributed by atoms with Gasteiger partial charge in [-0.3, -0.25) is 9.59 Å². The number of nitrogens with zero attached hydrogens (tertiary/aromatic N) is 2. The topological polar surface area (TPSA) is 56.4 Å². The maximum Gasteiger partial charge on any atom is 0.227 e. The Morgan fingerprint density at radius 2 is 1.89 bits per heavy atom. The minimum Gasteiger partial charge on any atom is -0.358 e. The number of hydrogen-bond donors (Lipinski definition) is 1. The van der Waals surface area contributed by atoms with Crippen LogP contribution in [0, 0.1) is 26.7 Å². The third-order valence-corrected chi connectivity index (χ3v) is 6.38. The lowest BCUT2D eigenvalue weighted by molar-refractivity contribution is -0.135. The molecule has 5 heteroatoms. The third kappa shape index (κ3) is 3.24. The van der Waals surface area contributed by atoms with Gasteiger partial charge >= 0.3 is 0 Å². The highest BCUT2D eigenvalue weighted by Gasteiger charge is 2.38. The van der Waals surface area contributed by atoms with Gasteiger partial charge in [-0.05, 0) is 56.7 Å². The maximum atomic E-state index is 13.3. The number of amides is 2. The van der Waals surface area contributed by atoms with Gasteiger partial charge < -0.3 is 14.8 Å². The van der Waals surface area contributed by atoms with Crippen LogP contribution in [0.3, 0.4) is 0 Å². The quantitative estimate of drug-likeness (QED) is 0.887. The van der Waals surface area contributed by atoms with Crippen molar-refractivity contribution in [2.75, 3.05) is 19.6 Å². The number of nitrogens with one attached hydrogen (secondary N) is 1. The second-order valence-electron chi connectivity index (χ2n) is 8.48. The van der Waals surface area contributed by atoms with E-state index in [-0.39, 0.29) is 17.9 Å². The van der Waals surface area contributed by atoms with Crippen molar-refractivity contribution in [3.63, 3.8) is 0 Å². The van der Waals surface area contributed by atoms with Crippen molar-refractivity contribution in [2.45, 2.75) is 53.0 Å². The van der Waals surface area contributed by atoms with E-state index in [2.05, 4.69) is 42.8 Å². The molecule has 3 fully saturated rings. The number of hydrogen-bond acceptors (Lipinski definition) is 2. The van der Waals surface area contributed by atoms with Crippen molar-refractivity contribution in [3.05, 3.63) is 34.5 Å². The normalized spacial score (nSPS) is 22.4. The molecular weight excluding hydrogens is 338 g/mol. The van der Waals surface area contributed by atoms with Crippen LogP contribution in [0.1, 0.15) is 42.1 Å². The number of carbonyl (C=O) groups excluding carboxylic acids is 2. The molecule has 3 aliphatic heterocycles. The fourth-order valence-corrected chi connectivity index (χ4v) is 4.96. The number of rotatable bonds is 2. The van der Waals surface area contributed by atoms with E-state index in [1.807, 2.05) is 4.90 Å². The summed E-state index contributed by atoms with van der Waals surface area (Å²) in [6, 6.07) is 4.52. The van der Waals surface area contributed by atoms with Crippen LogP contribution in [0.4, 0.5) is 0 Å². The second kappa shape index (κ2) is 6.70. The Hall–Kier alpha value is -2.30. The Kier molecular flexibility index (Phi) is 4.49. The van der Waals surface area contributed by atoms with Gasteiger partial charge in [0.05, 0.1) is 6.42 Å². The molecule has 1 aromatic carbocycles. The average molecular weight is 367 g/mol. The first-order valence-electron chi connectivity index (χ1n) is 9.97. The van der Waals surface area contributed by atoms with E-state index in [9.17, 15) is 9.59 Å². The molecule has 27 heavy (non-hydrogen) atoms. The largest absolute Gasteiger partial charge is 0.358 e.